The molecule has 5 heteroatoms. The first-order valence-corrected chi connectivity index (χ1v) is 5.87. The van der Waals surface area contributed by atoms with Crippen molar-refractivity contribution in [1.29, 1.82) is 0 Å². The zero-order valence-corrected chi connectivity index (χ0v) is 9.81. The molecule has 1 aromatic heterocycles. The van der Waals surface area contributed by atoms with Crippen LogP contribution in [0.25, 0.3) is 0 Å². The normalized spacial score (nSPS) is 23.9. The summed E-state index contributed by atoms with van der Waals surface area (Å²) in [6.07, 6.45) is 3.67. The molecule has 1 saturated carbocycles. The largest absolute Gasteiger partial charge is 0.459 e. The maximum Gasteiger partial charge on any atom is 0.336 e. The summed E-state index contributed by atoms with van der Waals surface area (Å²) in [5, 5.41) is 8.11. The van der Waals surface area contributed by atoms with Gasteiger partial charge in [-0.1, -0.05) is 18.9 Å². The van der Waals surface area contributed by atoms with Gasteiger partial charge < -0.3 is 10.5 Å². The van der Waals surface area contributed by atoms with E-state index in [9.17, 15) is 0 Å². The average Bonchev–Trinajstić information content (AvgIpc) is 2.27. The van der Waals surface area contributed by atoms with Gasteiger partial charge in [0.05, 0.1) is 11.4 Å². The van der Waals surface area contributed by atoms with Gasteiger partial charge in [0, 0.05) is 6.04 Å². The second-order valence-electron chi connectivity index (χ2n) is 4.17. The highest BCUT2D eigenvalue weighted by Gasteiger charge is 2.28. The van der Waals surface area contributed by atoms with E-state index < -0.39 is 0 Å². The molecule has 1 aliphatic carbocycles. The zero-order valence-electron chi connectivity index (χ0n) is 9.81. The van der Waals surface area contributed by atoms with E-state index in [0.29, 0.717) is 6.01 Å². The van der Waals surface area contributed by atoms with Crippen LogP contribution in [0.5, 0.6) is 6.01 Å². The Kier molecular flexibility index (Phi) is 3.33. The number of nitrogens with zero attached hydrogens (tertiary/aromatic N) is 3. The van der Waals surface area contributed by atoms with Gasteiger partial charge in [0.15, 0.2) is 0 Å². The molecule has 0 saturated heterocycles. The number of hydrogen-bond donors (Lipinski definition) is 1. The number of rotatable bonds is 4. The fourth-order valence-electron chi connectivity index (χ4n) is 1.82. The summed E-state index contributed by atoms with van der Waals surface area (Å²) >= 11 is 0. The molecular weight excluding hydrogens is 204 g/mol. The summed E-state index contributed by atoms with van der Waals surface area (Å²) in [7, 11) is 0. The predicted octanol–water partition coefficient (Wildman–Crippen LogP) is 0.865. The highest BCUT2D eigenvalue weighted by molar-refractivity contribution is 5.12. The van der Waals surface area contributed by atoms with Crippen LogP contribution >= 0.6 is 0 Å². The molecule has 1 aliphatic rings. The van der Waals surface area contributed by atoms with Crippen molar-refractivity contribution in [2.24, 2.45) is 5.73 Å². The molecule has 1 fully saturated rings. The summed E-state index contributed by atoms with van der Waals surface area (Å²) in [4.78, 5) is 4.37. The van der Waals surface area contributed by atoms with E-state index in [1.807, 2.05) is 0 Å². The molecule has 0 spiro atoms. The summed E-state index contributed by atoms with van der Waals surface area (Å²) in [6, 6.07) is 0.671. The van der Waals surface area contributed by atoms with Gasteiger partial charge in [-0.25, -0.2) is 0 Å². The van der Waals surface area contributed by atoms with Crippen molar-refractivity contribution >= 4 is 0 Å². The average molecular weight is 222 g/mol. The van der Waals surface area contributed by atoms with Crippen LogP contribution in [0.15, 0.2) is 0 Å². The standard InChI is InChI=1S/C11H18N4O/c1-3-9-10(4-2)14-15-11(13-9)16-8-5-7(12)6-8/h7-8H,3-6,12H2,1-2H3. The van der Waals surface area contributed by atoms with E-state index in [1.165, 1.54) is 0 Å². The Morgan fingerprint density at radius 2 is 1.88 bits per heavy atom. The van der Waals surface area contributed by atoms with Crippen LogP contribution < -0.4 is 10.5 Å². The molecule has 1 heterocycles. The predicted molar refractivity (Wildman–Crippen MR) is 60.2 cm³/mol. The molecule has 16 heavy (non-hydrogen) atoms. The van der Waals surface area contributed by atoms with Gasteiger partial charge in [-0.05, 0) is 25.7 Å². The van der Waals surface area contributed by atoms with Crippen LogP contribution in [0, 0.1) is 0 Å². The molecule has 0 unspecified atom stereocenters. The summed E-state index contributed by atoms with van der Waals surface area (Å²) in [6.45, 7) is 4.11. The molecule has 0 amide bonds. The first kappa shape index (κ1) is 11.3. The van der Waals surface area contributed by atoms with Crippen LogP contribution in [0.1, 0.15) is 38.1 Å². The lowest BCUT2D eigenvalue weighted by Crippen LogP contribution is -2.43. The highest BCUT2D eigenvalue weighted by Crippen LogP contribution is 2.22. The Bertz CT molecular complexity index is 363. The van der Waals surface area contributed by atoms with Gasteiger partial charge in [0.1, 0.15) is 6.10 Å². The maximum absolute atomic E-state index is 5.69. The number of ether oxygens (including phenoxy) is 1. The van der Waals surface area contributed by atoms with E-state index in [1.54, 1.807) is 0 Å². The van der Waals surface area contributed by atoms with Crippen LogP contribution in [-0.4, -0.2) is 27.3 Å². The molecule has 0 aromatic carbocycles. The third-order valence-corrected chi connectivity index (χ3v) is 2.89. The monoisotopic (exact) mass is 222 g/mol. The molecule has 0 aliphatic heterocycles. The van der Waals surface area contributed by atoms with E-state index in [4.69, 9.17) is 10.5 Å². The Hall–Kier alpha value is -1.23. The van der Waals surface area contributed by atoms with Crippen molar-refractivity contribution < 1.29 is 4.74 Å². The smallest absolute Gasteiger partial charge is 0.336 e. The summed E-state index contributed by atoms with van der Waals surface area (Å²) < 4.78 is 5.60. The van der Waals surface area contributed by atoms with Crippen LogP contribution in [0.2, 0.25) is 0 Å². The molecular formula is C11H18N4O. The molecule has 2 N–H and O–H groups in total. The van der Waals surface area contributed by atoms with Gasteiger partial charge in [-0.2, -0.15) is 4.98 Å². The van der Waals surface area contributed by atoms with E-state index in [-0.39, 0.29) is 12.1 Å². The molecule has 5 nitrogen and oxygen atoms in total. The minimum atomic E-state index is 0.175. The van der Waals surface area contributed by atoms with Crippen LogP contribution in [-0.2, 0) is 12.8 Å². The maximum atomic E-state index is 5.69. The lowest BCUT2D eigenvalue weighted by atomic mass is 9.90. The van der Waals surface area contributed by atoms with Gasteiger partial charge in [-0.3, -0.25) is 0 Å². The minimum Gasteiger partial charge on any atom is -0.459 e. The van der Waals surface area contributed by atoms with Crippen molar-refractivity contribution in [3.05, 3.63) is 11.4 Å². The molecule has 1 aromatic rings. The van der Waals surface area contributed by atoms with Gasteiger partial charge in [0.25, 0.3) is 0 Å². The number of hydrogen-bond acceptors (Lipinski definition) is 5. The fraction of sp³-hybridized carbons (Fsp3) is 0.727. The second kappa shape index (κ2) is 4.74. The molecule has 2 rings (SSSR count). The van der Waals surface area contributed by atoms with Crippen molar-refractivity contribution in [3.8, 4) is 6.01 Å². The lowest BCUT2D eigenvalue weighted by molar-refractivity contribution is 0.0886. The first-order valence-electron chi connectivity index (χ1n) is 5.87. The Balaban J connectivity index is 2.04. The van der Waals surface area contributed by atoms with Crippen molar-refractivity contribution in [2.45, 2.75) is 51.7 Å². The highest BCUT2D eigenvalue weighted by atomic mass is 16.5. The zero-order chi connectivity index (χ0) is 11.5. The van der Waals surface area contributed by atoms with Gasteiger partial charge >= 0.3 is 6.01 Å². The third-order valence-electron chi connectivity index (χ3n) is 2.89. The third kappa shape index (κ3) is 2.29. The SMILES string of the molecule is CCc1nnc(OC2CC(N)C2)nc1CC. The van der Waals surface area contributed by atoms with Gasteiger partial charge in [0.2, 0.25) is 0 Å². The van der Waals surface area contributed by atoms with Crippen LogP contribution in [0.4, 0.5) is 0 Å². The van der Waals surface area contributed by atoms with Crippen molar-refractivity contribution in [3.63, 3.8) is 0 Å². The minimum absolute atomic E-state index is 0.175. The van der Waals surface area contributed by atoms with E-state index in [2.05, 4.69) is 29.0 Å². The quantitative estimate of drug-likeness (QED) is 0.818. The Labute approximate surface area is 95.4 Å². The van der Waals surface area contributed by atoms with Crippen molar-refractivity contribution in [1.82, 2.24) is 15.2 Å². The van der Waals surface area contributed by atoms with E-state index in [0.717, 1.165) is 37.1 Å². The van der Waals surface area contributed by atoms with Crippen LogP contribution in [0.3, 0.4) is 0 Å². The Morgan fingerprint density at radius 1 is 1.19 bits per heavy atom. The fourth-order valence-corrected chi connectivity index (χ4v) is 1.82. The van der Waals surface area contributed by atoms with E-state index >= 15 is 0 Å². The Morgan fingerprint density at radius 3 is 2.44 bits per heavy atom. The van der Waals surface area contributed by atoms with Crippen molar-refractivity contribution in [2.75, 3.05) is 0 Å². The summed E-state index contributed by atoms with van der Waals surface area (Å²) in [5.74, 6) is 0. The molecule has 88 valence electrons. The topological polar surface area (TPSA) is 73.9 Å². The molecule has 0 bridgehead atoms. The summed E-state index contributed by atoms with van der Waals surface area (Å²) in [5.41, 5.74) is 7.63. The first-order chi connectivity index (χ1) is 7.72. The number of aromatic nitrogens is 3. The number of aryl methyl sites for hydroxylation is 2. The number of nitrogens with two attached hydrogens (primary N) is 1. The second-order valence-corrected chi connectivity index (χ2v) is 4.17. The molecule has 0 radical (unpaired) electrons. The van der Waals surface area contributed by atoms with Gasteiger partial charge in [-0.15, -0.1) is 5.10 Å². The molecule has 0 atom stereocenters. The lowest BCUT2D eigenvalue weighted by Gasteiger charge is -2.31.